The van der Waals surface area contributed by atoms with Crippen LogP contribution in [-0.2, 0) is 9.53 Å². The van der Waals surface area contributed by atoms with E-state index in [1.807, 2.05) is 19.0 Å². The lowest BCUT2D eigenvalue weighted by atomic mass is 10.1. The fraction of sp³-hybridized carbons (Fsp3) is 0.211. The second-order valence-corrected chi connectivity index (χ2v) is 5.70. The highest BCUT2D eigenvalue weighted by Gasteiger charge is 2.11. The van der Waals surface area contributed by atoms with Gasteiger partial charge in [0.1, 0.15) is 0 Å². The summed E-state index contributed by atoms with van der Waals surface area (Å²) in [6.45, 7) is 1.08. The van der Waals surface area contributed by atoms with Gasteiger partial charge in [-0.3, -0.25) is 9.59 Å². The maximum Gasteiger partial charge on any atom is 0.338 e. The van der Waals surface area contributed by atoms with Crippen LogP contribution in [-0.4, -0.2) is 38.4 Å². The summed E-state index contributed by atoms with van der Waals surface area (Å²) in [4.78, 5) is 36.9. The number of ether oxygens (including phenoxy) is 1. The molecule has 2 aromatic carbocycles. The average Bonchev–Trinajstić information content (AvgIpc) is 2.60. The van der Waals surface area contributed by atoms with Gasteiger partial charge in [0.05, 0.1) is 5.56 Å². The van der Waals surface area contributed by atoms with Crippen LogP contribution in [0.5, 0.6) is 0 Å². The number of esters is 1. The average molecular weight is 340 g/mol. The standard InChI is InChI=1S/C19H20N2O4/c1-13(22)14-4-8-16(9-5-14)20-18(23)12-25-19(24)15-6-10-17(11-7-15)21(2)3/h4-11H,12H2,1-3H3,(H,20,23). The molecule has 0 aliphatic rings. The van der Waals surface area contributed by atoms with Crippen LogP contribution in [0.1, 0.15) is 27.6 Å². The van der Waals surface area contributed by atoms with Gasteiger partial charge < -0.3 is 15.0 Å². The van der Waals surface area contributed by atoms with Crippen molar-refractivity contribution in [3.63, 3.8) is 0 Å². The summed E-state index contributed by atoms with van der Waals surface area (Å²) in [5, 5.41) is 2.60. The van der Waals surface area contributed by atoms with Crippen molar-refractivity contribution in [3.05, 3.63) is 59.7 Å². The number of ketones is 1. The molecule has 0 radical (unpaired) electrons. The first-order valence-corrected chi connectivity index (χ1v) is 7.72. The maximum atomic E-state index is 11.9. The van der Waals surface area contributed by atoms with Crippen molar-refractivity contribution < 1.29 is 19.1 Å². The predicted molar refractivity (Wildman–Crippen MR) is 96.1 cm³/mol. The van der Waals surface area contributed by atoms with Crippen LogP contribution in [0.4, 0.5) is 11.4 Å². The lowest BCUT2D eigenvalue weighted by Gasteiger charge is -2.12. The van der Waals surface area contributed by atoms with E-state index in [9.17, 15) is 14.4 Å². The van der Waals surface area contributed by atoms with Gasteiger partial charge in [0.25, 0.3) is 5.91 Å². The molecular formula is C19H20N2O4. The van der Waals surface area contributed by atoms with Crippen molar-refractivity contribution >= 4 is 29.0 Å². The van der Waals surface area contributed by atoms with Crippen molar-refractivity contribution in [1.82, 2.24) is 0 Å². The van der Waals surface area contributed by atoms with Crippen LogP contribution < -0.4 is 10.2 Å². The van der Waals surface area contributed by atoms with Crippen LogP contribution in [0, 0.1) is 0 Å². The topological polar surface area (TPSA) is 75.7 Å². The highest BCUT2D eigenvalue weighted by molar-refractivity contribution is 5.97. The molecule has 0 unspecified atom stereocenters. The molecule has 0 fully saturated rings. The number of carbonyl (C=O) groups excluding carboxylic acids is 3. The van der Waals surface area contributed by atoms with Gasteiger partial charge in [-0.2, -0.15) is 0 Å². The number of nitrogens with zero attached hydrogens (tertiary/aromatic N) is 1. The first-order valence-electron chi connectivity index (χ1n) is 7.72. The molecule has 0 spiro atoms. The number of nitrogens with one attached hydrogen (secondary N) is 1. The molecule has 1 N–H and O–H groups in total. The van der Waals surface area contributed by atoms with Gasteiger partial charge >= 0.3 is 5.97 Å². The van der Waals surface area contributed by atoms with Gasteiger partial charge in [0, 0.05) is 31.0 Å². The number of hydrogen-bond donors (Lipinski definition) is 1. The normalized spacial score (nSPS) is 10.0. The molecule has 0 aliphatic heterocycles. The second kappa shape index (κ2) is 8.10. The third kappa shape index (κ3) is 5.17. The van der Waals surface area contributed by atoms with Gasteiger partial charge in [-0.1, -0.05) is 0 Å². The molecule has 2 rings (SSSR count). The van der Waals surface area contributed by atoms with E-state index in [4.69, 9.17) is 4.74 Å². The van der Waals surface area contributed by atoms with E-state index < -0.39 is 11.9 Å². The highest BCUT2D eigenvalue weighted by Crippen LogP contribution is 2.13. The van der Waals surface area contributed by atoms with Gasteiger partial charge in [0.15, 0.2) is 12.4 Å². The minimum atomic E-state index is -0.563. The van der Waals surface area contributed by atoms with Gasteiger partial charge in [-0.05, 0) is 55.5 Å². The molecule has 2 aromatic rings. The predicted octanol–water partition coefficient (Wildman–Crippen LogP) is 2.75. The Balaban J connectivity index is 1.86. The van der Waals surface area contributed by atoms with Crippen LogP contribution in [0.25, 0.3) is 0 Å². The van der Waals surface area contributed by atoms with Gasteiger partial charge in [-0.15, -0.1) is 0 Å². The van der Waals surface area contributed by atoms with Crippen LogP contribution >= 0.6 is 0 Å². The zero-order chi connectivity index (χ0) is 18.4. The van der Waals surface area contributed by atoms with Crippen molar-refractivity contribution in [2.75, 3.05) is 30.9 Å². The Morgan fingerprint density at radius 2 is 1.48 bits per heavy atom. The van der Waals surface area contributed by atoms with Crippen molar-refractivity contribution in [2.24, 2.45) is 0 Å². The summed E-state index contributed by atoms with van der Waals surface area (Å²) in [7, 11) is 3.81. The summed E-state index contributed by atoms with van der Waals surface area (Å²) in [5.74, 6) is -1.06. The lowest BCUT2D eigenvalue weighted by molar-refractivity contribution is -0.119. The molecule has 0 aliphatic carbocycles. The van der Waals surface area contributed by atoms with Crippen LogP contribution in [0.2, 0.25) is 0 Å². The number of rotatable bonds is 6. The Labute approximate surface area is 146 Å². The third-order valence-electron chi connectivity index (χ3n) is 3.53. The number of hydrogen-bond acceptors (Lipinski definition) is 5. The van der Waals surface area contributed by atoms with Crippen molar-refractivity contribution in [2.45, 2.75) is 6.92 Å². The van der Waals surface area contributed by atoms with E-state index in [1.54, 1.807) is 48.5 Å². The minimum absolute atomic E-state index is 0.0490. The second-order valence-electron chi connectivity index (χ2n) is 5.70. The summed E-state index contributed by atoms with van der Waals surface area (Å²) in [5.41, 5.74) is 2.43. The van der Waals surface area contributed by atoms with E-state index in [2.05, 4.69) is 5.32 Å². The molecule has 6 nitrogen and oxygen atoms in total. The van der Waals surface area contributed by atoms with Gasteiger partial charge in [0.2, 0.25) is 0 Å². The number of benzene rings is 2. The molecule has 0 atom stereocenters. The first kappa shape index (κ1) is 18.2. The quantitative estimate of drug-likeness (QED) is 0.646. The fourth-order valence-electron chi connectivity index (χ4n) is 2.10. The molecule has 0 saturated carbocycles. The number of Topliss-reactive ketones (excluding diaryl/α,β-unsaturated/α-hetero) is 1. The van der Waals surface area contributed by atoms with Gasteiger partial charge in [-0.25, -0.2) is 4.79 Å². The van der Waals surface area contributed by atoms with E-state index in [-0.39, 0.29) is 12.4 Å². The maximum absolute atomic E-state index is 11.9. The lowest BCUT2D eigenvalue weighted by Crippen LogP contribution is -2.21. The Morgan fingerprint density at radius 3 is 2.00 bits per heavy atom. The smallest absolute Gasteiger partial charge is 0.338 e. The number of anilines is 2. The Kier molecular flexibility index (Phi) is 5.89. The largest absolute Gasteiger partial charge is 0.452 e. The Morgan fingerprint density at radius 1 is 0.920 bits per heavy atom. The van der Waals surface area contributed by atoms with E-state index in [0.717, 1.165) is 5.69 Å². The Bertz CT molecular complexity index is 765. The molecule has 25 heavy (non-hydrogen) atoms. The van der Waals surface area contributed by atoms with Crippen molar-refractivity contribution in [3.8, 4) is 0 Å². The third-order valence-corrected chi connectivity index (χ3v) is 3.53. The molecule has 0 aromatic heterocycles. The fourth-order valence-corrected chi connectivity index (χ4v) is 2.10. The van der Waals surface area contributed by atoms with E-state index in [0.29, 0.717) is 16.8 Å². The van der Waals surface area contributed by atoms with Crippen molar-refractivity contribution in [1.29, 1.82) is 0 Å². The Hall–Kier alpha value is -3.15. The first-order chi connectivity index (χ1) is 11.9. The van der Waals surface area contributed by atoms with Crippen LogP contribution in [0.3, 0.4) is 0 Å². The molecule has 1 amide bonds. The summed E-state index contributed by atoms with van der Waals surface area (Å²) < 4.78 is 5.01. The summed E-state index contributed by atoms with van der Waals surface area (Å²) >= 11 is 0. The zero-order valence-electron chi connectivity index (χ0n) is 14.4. The summed E-state index contributed by atoms with van der Waals surface area (Å²) in [6, 6.07) is 13.4. The minimum Gasteiger partial charge on any atom is -0.452 e. The molecule has 130 valence electrons. The molecular weight excluding hydrogens is 320 g/mol. The van der Waals surface area contributed by atoms with E-state index >= 15 is 0 Å². The van der Waals surface area contributed by atoms with Crippen LogP contribution in [0.15, 0.2) is 48.5 Å². The SMILES string of the molecule is CC(=O)c1ccc(NC(=O)COC(=O)c2ccc(N(C)C)cc2)cc1. The molecule has 6 heteroatoms. The number of amides is 1. The highest BCUT2D eigenvalue weighted by atomic mass is 16.5. The molecule has 0 bridgehead atoms. The number of carbonyl (C=O) groups is 3. The summed E-state index contributed by atoms with van der Waals surface area (Å²) in [6.07, 6.45) is 0. The molecule has 0 heterocycles. The zero-order valence-corrected chi connectivity index (χ0v) is 14.4. The van der Waals surface area contributed by atoms with E-state index in [1.165, 1.54) is 6.92 Å². The molecule has 0 saturated heterocycles. The monoisotopic (exact) mass is 340 g/mol.